The van der Waals surface area contributed by atoms with Crippen LogP contribution in [0.25, 0.3) is 0 Å². The van der Waals surface area contributed by atoms with Crippen LogP contribution in [0, 0.1) is 5.92 Å². The van der Waals surface area contributed by atoms with Crippen molar-refractivity contribution in [3.63, 3.8) is 0 Å². The lowest BCUT2D eigenvalue weighted by Gasteiger charge is -2.33. The number of rotatable bonds is 4. The molecule has 7 heteroatoms. The summed E-state index contributed by atoms with van der Waals surface area (Å²) in [6.45, 7) is 3.75. The molecule has 1 aromatic rings. The number of amides is 1. The van der Waals surface area contributed by atoms with Gasteiger partial charge < -0.3 is 19.1 Å². The molecule has 1 atom stereocenters. The lowest BCUT2D eigenvalue weighted by Crippen LogP contribution is -2.45. The zero-order chi connectivity index (χ0) is 19.5. The van der Waals surface area contributed by atoms with Crippen LogP contribution in [0.3, 0.4) is 0 Å². The number of likely N-dealkylation sites (tertiary alicyclic amines) is 2. The van der Waals surface area contributed by atoms with Crippen molar-refractivity contribution >= 4 is 11.9 Å². The third kappa shape index (κ3) is 3.94. The van der Waals surface area contributed by atoms with Crippen molar-refractivity contribution in [1.29, 1.82) is 0 Å². The Morgan fingerprint density at radius 3 is 2.57 bits per heavy atom. The lowest BCUT2D eigenvalue weighted by molar-refractivity contribution is -0.149. The fourth-order valence-electron chi connectivity index (χ4n) is 4.47. The van der Waals surface area contributed by atoms with Gasteiger partial charge in [0.15, 0.2) is 11.5 Å². The standard InChI is InChI=1S/C21H28N2O5/c1-26-21(25)15-6-9-22(10-7-15)20(24)14-23-8-2-3-17(23)16-4-5-18-19(13-16)28-12-11-27-18/h4-5,13,15,17H,2-3,6-12,14H2,1H3/t17-/m0/s1. The number of piperidine rings is 1. The molecule has 3 heterocycles. The largest absolute Gasteiger partial charge is 0.486 e. The summed E-state index contributed by atoms with van der Waals surface area (Å²) >= 11 is 0. The fraction of sp³-hybridized carbons (Fsp3) is 0.619. The second-order valence-electron chi connectivity index (χ2n) is 7.71. The Kier molecular flexibility index (Phi) is 5.71. The first-order chi connectivity index (χ1) is 13.7. The van der Waals surface area contributed by atoms with E-state index < -0.39 is 0 Å². The predicted octanol–water partition coefficient (Wildman–Crippen LogP) is 2.01. The van der Waals surface area contributed by atoms with Gasteiger partial charge >= 0.3 is 5.97 Å². The molecule has 4 rings (SSSR count). The summed E-state index contributed by atoms with van der Waals surface area (Å²) in [7, 11) is 1.42. The predicted molar refractivity (Wildman–Crippen MR) is 102 cm³/mol. The minimum atomic E-state index is -0.162. The van der Waals surface area contributed by atoms with Gasteiger partial charge in [-0.15, -0.1) is 0 Å². The van der Waals surface area contributed by atoms with Crippen LogP contribution in [0.2, 0.25) is 0 Å². The average molecular weight is 388 g/mol. The van der Waals surface area contributed by atoms with Gasteiger partial charge in [0.2, 0.25) is 5.91 Å². The molecule has 1 aromatic carbocycles. The van der Waals surface area contributed by atoms with Crippen LogP contribution in [0.1, 0.15) is 37.3 Å². The van der Waals surface area contributed by atoms with Gasteiger partial charge in [-0.2, -0.15) is 0 Å². The molecular weight excluding hydrogens is 360 g/mol. The lowest BCUT2D eigenvalue weighted by atomic mass is 9.97. The SMILES string of the molecule is COC(=O)C1CCN(C(=O)CN2CCC[C@H]2c2ccc3c(c2)OCCO3)CC1. The van der Waals surface area contributed by atoms with Crippen LogP contribution >= 0.6 is 0 Å². The van der Waals surface area contributed by atoms with Crippen molar-refractivity contribution in [2.45, 2.75) is 31.7 Å². The summed E-state index contributed by atoms with van der Waals surface area (Å²) in [6, 6.07) is 6.35. The van der Waals surface area contributed by atoms with Gasteiger partial charge in [-0.3, -0.25) is 14.5 Å². The number of fused-ring (bicyclic) bond motifs is 1. The average Bonchev–Trinajstić information content (AvgIpc) is 3.21. The molecule has 3 aliphatic heterocycles. The summed E-state index contributed by atoms with van der Waals surface area (Å²) in [6.07, 6.45) is 3.49. The molecule has 0 spiro atoms. The van der Waals surface area contributed by atoms with Crippen molar-refractivity contribution < 1.29 is 23.8 Å². The molecule has 28 heavy (non-hydrogen) atoms. The molecule has 152 valence electrons. The van der Waals surface area contributed by atoms with Crippen molar-refractivity contribution in [2.24, 2.45) is 5.92 Å². The minimum Gasteiger partial charge on any atom is -0.486 e. The number of hydrogen-bond donors (Lipinski definition) is 0. The molecule has 3 aliphatic rings. The maximum atomic E-state index is 12.8. The van der Waals surface area contributed by atoms with Crippen LogP contribution in [-0.2, 0) is 14.3 Å². The molecule has 0 N–H and O–H groups in total. The molecule has 2 fully saturated rings. The fourth-order valence-corrected chi connectivity index (χ4v) is 4.47. The smallest absolute Gasteiger partial charge is 0.308 e. The second kappa shape index (κ2) is 8.39. The quantitative estimate of drug-likeness (QED) is 0.735. The van der Waals surface area contributed by atoms with Crippen LogP contribution in [-0.4, -0.2) is 68.2 Å². The molecule has 0 saturated carbocycles. The van der Waals surface area contributed by atoms with E-state index in [1.54, 1.807) is 0 Å². The topological polar surface area (TPSA) is 68.3 Å². The Labute approximate surface area is 165 Å². The van der Waals surface area contributed by atoms with E-state index >= 15 is 0 Å². The zero-order valence-electron chi connectivity index (χ0n) is 16.4. The van der Waals surface area contributed by atoms with E-state index in [0.29, 0.717) is 45.7 Å². The highest BCUT2D eigenvalue weighted by Crippen LogP contribution is 2.38. The summed E-state index contributed by atoms with van der Waals surface area (Å²) < 4.78 is 16.2. The van der Waals surface area contributed by atoms with Gasteiger partial charge in [0, 0.05) is 19.1 Å². The highest BCUT2D eigenvalue weighted by atomic mass is 16.6. The molecular formula is C21H28N2O5. The molecule has 1 amide bonds. The molecule has 0 radical (unpaired) electrons. The number of carbonyl (C=O) groups excluding carboxylic acids is 2. The Morgan fingerprint density at radius 1 is 1.07 bits per heavy atom. The molecule has 0 aliphatic carbocycles. The Morgan fingerprint density at radius 2 is 1.82 bits per heavy atom. The van der Waals surface area contributed by atoms with E-state index in [1.807, 2.05) is 11.0 Å². The number of methoxy groups -OCH3 is 1. The van der Waals surface area contributed by atoms with Crippen molar-refractivity contribution in [1.82, 2.24) is 9.80 Å². The summed E-state index contributed by atoms with van der Waals surface area (Å²) in [4.78, 5) is 28.7. The van der Waals surface area contributed by atoms with Crippen LogP contribution in [0.5, 0.6) is 11.5 Å². The first kappa shape index (κ1) is 19.1. The first-order valence-corrected chi connectivity index (χ1v) is 10.1. The molecule has 0 unspecified atom stereocenters. The van der Waals surface area contributed by atoms with Crippen molar-refractivity contribution in [3.05, 3.63) is 23.8 Å². The molecule has 2 saturated heterocycles. The number of nitrogens with zero attached hydrogens (tertiary/aromatic N) is 2. The monoisotopic (exact) mass is 388 g/mol. The van der Waals surface area contributed by atoms with Gasteiger partial charge in [-0.05, 0) is 49.9 Å². The van der Waals surface area contributed by atoms with Crippen molar-refractivity contribution in [3.8, 4) is 11.5 Å². The molecule has 7 nitrogen and oxygen atoms in total. The third-order valence-corrected chi connectivity index (χ3v) is 6.04. The third-order valence-electron chi connectivity index (χ3n) is 6.04. The van der Waals surface area contributed by atoms with Gasteiger partial charge in [0.05, 0.1) is 19.6 Å². The number of benzene rings is 1. The summed E-state index contributed by atoms with van der Waals surface area (Å²) in [5, 5.41) is 0. The second-order valence-corrected chi connectivity index (χ2v) is 7.71. The number of hydrogen-bond acceptors (Lipinski definition) is 6. The summed E-state index contributed by atoms with van der Waals surface area (Å²) in [5.41, 5.74) is 1.18. The van der Waals surface area contributed by atoms with E-state index in [-0.39, 0.29) is 23.8 Å². The summed E-state index contributed by atoms with van der Waals surface area (Å²) in [5.74, 6) is 1.50. The van der Waals surface area contributed by atoms with Crippen LogP contribution in [0.4, 0.5) is 0 Å². The number of carbonyl (C=O) groups is 2. The maximum Gasteiger partial charge on any atom is 0.308 e. The van der Waals surface area contributed by atoms with Gasteiger partial charge in [0.25, 0.3) is 0 Å². The van der Waals surface area contributed by atoms with E-state index in [4.69, 9.17) is 14.2 Å². The zero-order valence-corrected chi connectivity index (χ0v) is 16.4. The molecule has 0 aromatic heterocycles. The van der Waals surface area contributed by atoms with E-state index in [9.17, 15) is 9.59 Å². The normalized spacial score (nSPS) is 22.9. The van der Waals surface area contributed by atoms with E-state index in [0.717, 1.165) is 30.9 Å². The molecule has 0 bridgehead atoms. The Balaban J connectivity index is 1.36. The number of ether oxygens (including phenoxy) is 3. The van der Waals surface area contributed by atoms with Crippen LogP contribution in [0.15, 0.2) is 18.2 Å². The minimum absolute atomic E-state index is 0.0775. The number of esters is 1. The Hall–Kier alpha value is -2.28. The highest BCUT2D eigenvalue weighted by Gasteiger charge is 2.32. The van der Waals surface area contributed by atoms with Gasteiger partial charge in [-0.25, -0.2) is 0 Å². The first-order valence-electron chi connectivity index (χ1n) is 10.1. The van der Waals surface area contributed by atoms with Gasteiger partial charge in [-0.1, -0.05) is 6.07 Å². The Bertz CT molecular complexity index is 730. The highest BCUT2D eigenvalue weighted by molar-refractivity contribution is 5.79. The van der Waals surface area contributed by atoms with E-state index in [1.165, 1.54) is 12.7 Å². The van der Waals surface area contributed by atoms with Crippen molar-refractivity contribution in [2.75, 3.05) is 46.5 Å². The maximum absolute atomic E-state index is 12.8. The van der Waals surface area contributed by atoms with Crippen LogP contribution < -0.4 is 9.47 Å². The van der Waals surface area contributed by atoms with E-state index in [2.05, 4.69) is 17.0 Å². The van der Waals surface area contributed by atoms with Gasteiger partial charge in [0.1, 0.15) is 13.2 Å².